The fourth-order valence-electron chi connectivity index (χ4n) is 4.63. The second kappa shape index (κ2) is 9.31. The zero-order chi connectivity index (χ0) is 23.7. The normalized spacial score (nSPS) is 19.4. The van der Waals surface area contributed by atoms with E-state index in [0.717, 1.165) is 37.9 Å². The van der Waals surface area contributed by atoms with Crippen LogP contribution in [0.2, 0.25) is 0 Å². The number of carbonyl (C=O) groups excluding carboxylic acids is 1. The lowest BCUT2D eigenvalue weighted by atomic mass is 10.00. The Morgan fingerprint density at radius 3 is 2.56 bits per heavy atom. The standard InChI is InChI=1S/C25H28N4O4S/c1-18-9-11-22(12-10-18)34(31,32)29-15-5-8-21(17-29)24-26-23(27-33-24)19-6-4-7-20(16-19)25(30)28-13-2-3-14-28/h4,6-7,9-12,16,21H,2-3,5,8,13-15,17H2,1H3. The number of likely N-dealkylation sites (tertiary alicyclic amines) is 1. The number of sulfonamides is 1. The predicted molar refractivity (Wildman–Crippen MR) is 127 cm³/mol. The van der Waals surface area contributed by atoms with E-state index < -0.39 is 10.0 Å². The Kier molecular flexibility index (Phi) is 6.22. The van der Waals surface area contributed by atoms with Crippen molar-refractivity contribution < 1.29 is 17.7 Å². The Hall–Kier alpha value is -3.04. The summed E-state index contributed by atoms with van der Waals surface area (Å²) < 4.78 is 33.3. The summed E-state index contributed by atoms with van der Waals surface area (Å²) in [5.41, 5.74) is 2.33. The number of hydrogen-bond donors (Lipinski definition) is 0. The van der Waals surface area contributed by atoms with Crippen molar-refractivity contribution in [3.63, 3.8) is 0 Å². The second-order valence-electron chi connectivity index (χ2n) is 9.05. The molecule has 2 aliphatic heterocycles. The van der Waals surface area contributed by atoms with Crippen LogP contribution in [0.25, 0.3) is 11.4 Å². The SMILES string of the molecule is Cc1ccc(S(=O)(=O)N2CCCC(c3nc(-c4cccc(C(=O)N5CCCC5)c4)no3)C2)cc1. The molecule has 2 aliphatic rings. The molecule has 1 amide bonds. The van der Waals surface area contributed by atoms with Crippen molar-refractivity contribution in [3.05, 3.63) is 65.5 Å². The summed E-state index contributed by atoms with van der Waals surface area (Å²) in [5, 5.41) is 4.14. The van der Waals surface area contributed by atoms with Crippen LogP contribution in [0.5, 0.6) is 0 Å². The number of hydrogen-bond acceptors (Lipinski definition) is 6. The van der Waals surface area contributed by atoms with E-state index >= 15 is 0 Å². The van der Waals surface area contributed by atoms with Gasteiger partial charge in [0.05, 0.1) is 10.8 Å². The number of nitrogens with zero attached hydrogens (tertiary/aromatic N) is 4. The highest BCUT2D eigenvalue weighted by molar-refractivity contribution is 7.89. The van der Waals surface area contributed by atoms with Gasteiger partial charge < -0.3 is 9.42 Å². The Morgan fingerprint density at radius 1 is 1.03 bits per heavy atom. The fraction of sp³-hybridized carbons (Fsp3) is 0.400. The molecule has 0 spiro atoms. The minimum atomic E-state index is -3.59. The molecule has 0 saturated carbocycles. The van der Waals surface area contributed by atoms with Crippen LogP contribution in [0.1, 0.15) is 53.4 Å². The van der Waals surface area contributed by atoms with Gasteiger partial charge in [0.2, 0.25) is 21.7 Å². The van der Waals surface area contributed by atoms with Crippen molar-refractivity contribution in [2.75, 3.05) is 26.2 Å². The molecule has 0 aliphatic carbocycles. The Morgan fingerprint density at radius 2 is 1.79 bits per heavy atom. The van der Waals surface area contributed by atoms with Crippen molar-refractivity contribution in [2.45, 2.75) is 43.4 Å². The first-order valence-electron chi connectivity index (χ1n) is 11.7. The van der Waals surface area contributed by atoms with Gasteiger partial charge in [0.25, 0.3) is 5.91 Å². The number of benzene rings is 2. The first kappa shape index (κ1) is 22.7. The maximum atomic E-state index is 13.1. The van der Waals surface area contributed by atoms with Crippen LogP contribution in [-0.4, -0.2) is 59.8 Å². The summed E-state index contributed by atoms with van der Waals surface area (Å²) in [4.78, 5) is 19.5. The molecule has 2 aromatic carbocycles. The Labute approximate surface area is 199 Å². The van der Waals surface area contributed by atoms with Crippen molar-refractivity contribution in [2.24, 2.45) is 0 Å². The van der Waals surface area contributed by atoms with Crippen LogP contribution in [-0.2, 0) is 10.0 Å². The molecule has 2 saturated heterocycles. The molecule has 2 fully saturated rings. The van der Waals surface area contributed by atoms with E-state index in [0.29, 0.717) is 47.2 Å². The summed E-state index contributed by atoms with van der Waals surface area (Å²) >= 11 is 0. The molecule has 3 heterocycles. The number of rotatable bonds is 5. The van der Waals surface area contributed by atoms with Crippen molar-refractivity contribution in [3.8, 4) is 11.4 Å². The first-order valence-corrected chi connectivity index (χ1v) is 13.2. The molecule has 0 bridgehead atoms. The van der Waals surface area contributed by atoms with Gasteiger partial charge in [-0.15, -0.1) is 0 Å². The second-order valence-corrected chi connectivity index (χ2v) is 11.0. The summed E-state index contributed by atoms with van der Waals surface area (Å²) in [7, 11) is -3.59. The quantitative estimate of drug-likeness (QED) is 0.550. The van der Waals surface area contributed by atoms with Gasteiger partial charge in [0.15, 0.2) is 0 Å². The van der Waals surface area contributed by atoms with E-state index in [9.17, 15) is 13.2 Å². The lowest BCUT2D eigenvalue weighted by Gasteiger charge is -2.30. The Balaban J connectivity index is 1.33. The van der Waals surface area contributed by atoms with Crippen molar-refractivity contribution >= 4 is 15.9 Å². The molecule has 34 heavy (non-hydrogen) atoms. The summed E-state index contributed by atoms with van der Waals surface area (Å²) in [6, 6.07) is 14.2. The molecule has 5 rings (SSSR count). The third-order valence-electron chi connectivity index (χ3n) is 6.59. The monoisotopic (exact) mass is 480 g/mol. The van der Waals surface area contributed by atoms with Crippen LogP contribution in [0, 0.1) is 6.92 Å². The summed E-state index contributed by atoms with van der Waals surface area (Å²) in [6.07, 6.45) is 3.57. The maximum absolute atomic E-state index is 13.1. The molecule has 1 unspecified atom stereocenters. The third-order valence-corrected chi connectivity index (χ3v) is 8.47. The van der Waals surface area contributed by atoms with Crippen molar-refractivity contribution in [1.82, 2.24) is 19.3 Å². The molecule has 178 valence electrons. The molecule has 0 radical (unpaired) electrons. The van der Waals surface area contributed by atoms with E-state index in [2.05, 4.69) is 10.1 Å². The van der Waals surface area contributed by atoms with E-state index in [1.807, 2.05) is 24.0 Å². The molecular formula is C25H28N4O4S. The average molecular weight is 481 g/mol. The zero-order valence-electron chi connectivity index (χ0n) is 19.2. The highest BCUT2D eigenvalue weighted by Gasteiger charge is 2.33. The highest BCUT2D eigenvalue weighted by atomic mass is 32.2. The van der Waals surface area contributed by atoms with Gasteiger partial charge >= 0.3 is 0 Å². The topological polar surface area (TPSA) is 96.6 Å². The van der Waals surface area contributed by atoms with E-state index in [1.54, 1.807) is 36.4 Å². The van der Waals surface area contributed by atoms with Crippen LogP contribution < -0.4 is 0 Å². The van der Waals surface area contributed by atoms with Gasteiger partial charge in [-0.05, 0) is 56.9 Å². The Bertz CT molecular complexity index is 1280. The molecule has 9 heteroatoms. The van der Waals surface area contributed by atoms with E-state index in [-0.39, 0.29) is 11.8 Å². The fourth-order valence-corrected chi connectivity index (χ4v) is 6.16. The minimum Gasteiger partial charge on any atom is -0.339 e. The van der Waals surface area contributed by atoms with Crippen molar-refractivity contribution in [1.29, 1.82) is 0 Å². The predicted octanol–water partition coefficient (Wildman–Crippen LogP) is 3.85. The van der Waals surface area contributed by atoms with Crippen LogP contribution in [0.4, 0.5) is 0 Å². The number of carbonyl (C=O) groups is 1. The summed E-state index contributed by atoms with van der Waals surface area (Å²) in [6.45, 7) is 4.27. The third kappa shape index (κ3) is 4.50. The van der Waals surface area contributed by atoms with Gasteiger partial charge in [-0.25, -0.2) is 8.42 Å². The number of aromatic nitrogens is 2. The molecule has 0 N–H and O–H groups in total. The largest absolute Gasteiger partial charge is 0.339 e. The lowest BCUT2D eigenvalue weighted by Crippen LogP contribution is -2.39. The van der Waals surface area contributed by atoms with Gasteiger partial charge in [0.1, 0.15) is 0 Å². The lowest BCUT2D eigenvalue weighted by molar-refractivity contribution is 0.0793. The number of aryl methyl sites for hydroxylation is 1. The number of piperidine rings is 1. The molecule has 1 aromatic heterocycles. The molecule has 3 aromatic rings. The maximum Gasteiger partial charge on any atom is 0.253 e. The van der Waals surface area contributed by atoms with E-state index in [4.69, 9.17) is 4.52 Å². The number of amides is 1. The first-order chi connectivity index (χ1) is 16.4. The minimum absolute atomic E-state index is 0.0207. The molecule has 8 nitrogen and oxygen atoms in total. The van der Waals surface area contributed by atoms with Crippen LogP contribution >= 0.6 is 0 Å². The smallest absolute Gasteiger partial charge is 0.253 e. The summed E-state index contributed by atoms with van der Waals surface area (Å²) in [5.74, 6) is 0.677. The molecule has 1 atom stereocenters. The molecular weight excluding hydrogens is 452 g/mol. The average Bonchev–Trinajstić information content (AvgIpc) is 3.57. The van der Waals surface area contributed by atoms with E-state index in [1.165, 1.54) is 4.31 Å². The van der Waals surface area contributed by atoms with Gasteiger partial charge in [-0.3, -0.25) is 4.79 Å². The van der Waals surface area contributed by atoms with Crippen LogP contribution in [0.15, 0.2) is 57.9 Å². The van der Waals surface area contributed by atoms with Gasteiger partial charge in [-0.2, -0.15) is 9.29 Å². The van der Waals surface area contributed by atoms with Gasteiger partial charge in [0, 0.05) is 37.3 Å². The van der Waals surface area contributed by atoms with Gasteiger partial charge in [-0.1, -0.05) is 35.0 Å². The zero-order valence-corrected chi connectivity index (χ0v) is 20.0. The highest BCUT2D eigenvalue weighted by Crippen LogP contribution is 2.31. The van der Waals surface area contributed by atoms with Crippen LogP contribution in [0.3, 0.4) is 0 Å².